The number of rotatable bonds is 17. The van der Waals surface area contributed by atoms with Gasteiger partial charge in [-0.15, -0.1) is 0 Å². The summed E-state index contributed by atoms with van der Waals surface area (Å²) in [5.74, 6) is 0. The number of hydrogen-bond donors (Lipinski definition) is 1. The van der Waals surface area contributed by atoms with Crippen molar-refractivity contribution in [2.75, 3.05) is 20.1 Å². The first-order valence-corrected chi connectivity index (χ1v) is 11.6. The molecule has 0 aromatic carbocycles. The average Bonchev–Trinajstić information content (AvgIpc) is 2.52. The molecular formula is C19H41NO3S. The van der Waals surface area contributed by atoms with E-state index in [0.29, 0.717) is 6.42 Å². The van der Waals surface area contributed by atoms with E-state index >= 15 is 0 Å². The van der Waals surface area contributed by atoms with E-state index in [2.05, 4.69) is 14.0 Å². The summed E-state index contributed by atoms with van der Waals surface area (Å²) in [6.45, 7) is 5.61. The van der Waals surface area contributed by atoms with Crippen LogP contribution in [0.1, 0.15) is 97.3 Å². The van der Waals surface area contributed by atoms with E-state index in [1.165, 1.54) is 88.9 Å². The highest BCUT2D eigenvalue weighted by molar-refractivity contribution is 7.86. The monoisotopic (exact) mass is 363 g/mol. The molecular weight excluding hydrogens is 322 g/mol. The van der Waals surface area contributed by atoms with Crippen LogP contribution in [0, 0.1) is 0 Å². The van der Waals surface area contributed by atoms with Crippen molar-refractivity contribution in [1.29, 1.82) is 0 Å². The fraction of sp³-hybridized carbons (Fsp3) is 1.00. The van der Waals surface area contributed by atoms with E-state index in [-0.39, 0.29) is 0 Å². The summed E-state index contributed by atoms with van der Waals surface area (Å²) >= 11 is 0. The molecule has 2 atom stereocenters. The first kappa shape index (κ1) is 23.9. The minimum absolute atomic E-state index is 0.468. The molecule has 0 fully saturated rings. The summed E-state index contributed by atoms with van der Waals surface area (Å²) in [5.41, 5.74) is 0. The second-order valence-electron chi connectivity index (χ2n) is 7.44. The topological polar surface area (TPSA) is 61.6 Å². The summed E-state index contributed by atoms with van der Waals surface area (Å²) in [4.78, 5) is 1.33. The first-order valence-electron chi connectivity index (χ1n) is 10.1. The molecule has 0 rings (SSSR count). The predicted octanol–water partition coefficient (Wildman–Crippen LogP) is 3.53. The van der Waals surface area contributed by atoms with E-state index in [0.717, 1.165) is 13.1 Å². The van der Waals surface area contributed by atoms with Crippen LogP contribution in [0.2, 0.25) is 0 Å². The molecule has 0 aliphatic rings. The molecule has 0 amide bonds. The molecule has 24 heavy (non-hydrogen) atoms. The molecule has 5 heteroatoms. The molecule has 0 radical (unpaired) electrons. The maximum absolute atomic E-state index is 10.9. The third-order valence-electron chi connectivity index (χ3n) is 4.93. The van der Waals surface area contributed by atoms with Gasteiger partial charge in [-0.05, 0) is 19.8 Å². The molecule has 0 bridgehead atoms. The van der Waals surface area contributed by atoms with Gasteiger partial charge >= 0.3 is 0 Å². The number of unbranched alkanes of at least 4 members (excludes halogenated alkanes) is 11. The first-order chi connectivity index (χ1) is 11.4. The van der Waals surface area contributed by atoms with Gasteiger partial charge in [0.25, 0.3) is 0 Å². The molecule has 0 spiro atoms. The Morgan fingerprint density at radius 2 is 1.21 bits per heavy atom. The largest absolute Gasteiger partial charge is 0.748 e. The predicted molar refractivity (Wildman–Crippen MR) is 101 cm³/mol. The molecule has 0 saturated carbocycles. The van der Waals surface area contributed by atoms with Crippen molar-refractivity contribution in [2.45, 2.75) is 103 Å². The average molecular weight is 364 g/mol. The lowest BCUT2D eigenvalue weighted by molar-refractivity contribution is -0.880. The third kappa shape index (κ3) is 15.4. The van der Waals surface area contributed by atoms with Crippen molar-refractivity contribution < 1.29 is 17.9 Å². The highest BCUT2D eigenvalue weighted by Gasteiger charge is 2.12. The van der Waals surface area contributed by atoms with Gasteiger partial charge in [0.2, 0.25) is 0 Å². The Morgan fingerprint density at radius 3 is 1.62 bits per heavy atom. The van der Waals surface area contributed by atoms with Gasteiger partial charge in [0.05, 0.1) is 35.5 Å². The molecule has 0 aliphatic carbocycles. The lowest BCUT2D eigenvalue weighted by atomic mass is 10.1. The van der Waals surface area contributed by atoms with Gasteiger partial charge in [0.1, 0.15) is 0 Å². The van der Waals surface area contributed by atoms with Crippen LogP contribution in [0.3, 0.4) is 0 Å². The van der Waals surface area contributed by atoms with Crippen LogP contribution in [0.25, 0.3) is 0 Å². The van der Waals surface area contributed by atoms with E-state index in [1.54, 1.807) is 0 Å². The zero-order valence-corrected chi connectivity index (χ0v) is 17.1. The Labute approximate surface area is 151 Å². The summed E-state index contributed by atoms with van der Waals surface area (Å²) in [6, 6.07) is 0. The quantitative estimate of drug-likeness (QED) is 0.318. The second-order valence-corrected chi connectivity index (χ2v) is 9.23. The molecule has 146 valence electrons. The zero-order valence-electron chi connectivity index (χ0n) is 16.3. The third-order valence-corrected chi connectivity index (χ3v) is 6.15. The fourth-order valence-electron chi connectivity index (χ4n) is 2.99. The Hall–Kier alpha value is -0.130. The highest BCUT2D eigenvalue weighted by Crippen LogP contribution is 2.11. The number of nitrogens with one attached hydrogen (secondary N) is 1. The minimum Gasteiger partial charge on any atom is -0.748 e. The molecule has 2 unspecified atom stereocenters. The van der Waals surface area contributed by atoms with Crippen molar-refractivity contribution in [3.05, 3.63) is 0 Å². The van der Waals surface area contributed by atoms with Gasteiger partial charge in [-0.3, -0.25) is 0 Å². The smallest absolute Gasteiger partial charge is 0.0974 e. The molecule has 0 aromatic heterocycles. The summed E-state index contributed by atoms with van der Waals surface area (Å²) < 4.78 is 32.6. The van der Waals surface area contributed by atoms with Crippen LogP contribution >= 0.6 is 0 Å². The van der Waals surface area contributed by atoms with Gasteiger partial charge in [-0.2, -0.15) is 0 Å². The van der Waals surface area contributed by atoms with E-state index in [9.17, 15) is 13.0 Å². The molecule has 1 N–H and O–H groups in total. The van der Waals surface area contributed by atoms with Crippen molar-refractivity contribution in [1.82, 2.24) is 0 Å². The Morgan fingerprint density at radius 1 is 0.792 bits per heavy atom. The molecule has 0 aliphatic heterocycles. The second kappa shape index (κ2) is 15.2. The van der Waals surface area contributed by atoms with Crippen molar-refractivity contribution in [3.63, 3.8) is 0 Å². The van der Waals surface area contributed by atoms with Crippen LogP contribution < -0.4 is 4.90 Å². The van der Waals surface area contributed by atoms with Crippen LogP contribution in [0.5, 0.6) is 0 Å². The Balaban J connectivity index is 3.32. The van der Waals surface area contributed by atoms with Crippen molar-refractivity contribution in [2.24, 2.45) is 0 Å². The standard InChI is InChI=1S/C19H41NO3S/c1-4-5-6-7-8-9-10-11-12-13-14-15-17-20(3)18-16-19(2)24(21,22)23/h19H,4-18H2,1-3H3,(H,21,22,23). The lowest BCUT2D eigenvalue weighted by Crippen LogP contribution is -3.09. The van der Waals surface area contributed by atoms with Crippen LogP contribution in [-0.4, -0.2) is 38.4 Å². The summed E-state index contributed by atoms with van der Waals surface area (Å²) in [7, 11) is -2.02. The number of hydrogen-bond acceptors (Lipinski definition) is 3. The van der Waals surface area contributed by atoms with Gasteiger partial charge < -0.3 is 9.45 Å². The van der Waals surface area contributed by atoms with Crippen LogP contribution in [0.15, 0.2) is 0 Å². The molecule has 0 saturated heterocycles. The summed E-state index contributed by atoms with van der Waals surface area (Å²) in [5, 5.41) is -0.755. The molecule has 0 heterocycles. The zero-order chi connectivity index (χ0) is 18.3. The molecule has 4 nitrogen and oxygen atoms in total. The number of quaternary nitrogens is 1. The van der Waals surface area contributed by atoms with Gasteiger partial charge in [0, 0.05) is 6.42 Å². The van der Waals surface area contributed by atoms with E-state index in [4.69, 9.17) is 0 Å². The van der Waals surface area contributed by atoms with Gasteiger partial charge in [0.15, 0.2) is 0 Å². The SMILES string of the molecule is CCCCCCCCCCCCCC[NH+](C)CCC(C)S(=O)(=O)[O-]. The Bertz CT molecular complexity index is 371. The highest BCUT2D eigenvalue weighted by atomic mass is 32.2. The van der Waals surface area contributed by atoms with Crippen molar-refractivity contribution in [3.8, 4) is 0 Å². The van der Waals surface area contributed by atoms with Crippen molar-refractivity contribution >= 4 is 10.1 Å². The maximum Gasteiger partial charge on any atom is 0.0974 e. The van der Waals surface area contributed by atoms with E-state index in [1.807, 2.05) is 0 Å². The Kier molecular flexibility index (Phi) is 15.1. The fourth-order valence-corrected chi connectivity index (χ4v) is 3.39. The van der Waals surface area contributed by atoms with Crippen LogP contribution in [0.4, 0.5) is 0 Å². The van der Waals surface area contributed by atoms with Crippen LogP contribution in [-0.2, 0) is 10.1 Å². The van der Waals surface area contributed by atoms with Gasteiger partial charge in [-0.1, -0.05) is 71.1 Å². The van der Waals surface area contributed by atoms with E-state index < -0.39 is 15.4 Å². The maximum atomic E-state index is 10.9. The van der Waals surface area contributed by atoms with Gasteiger partial charge in [-0.25, -0.2) is 8.42 Å². The normalized spacial score (nSPS) is 14.7. The molecule has 0 aromatic rings. The minimum atomic E-state index is -4.11. The summed E-state index contributed by atoms with van der Waals surface area (Å²) in [6.07, 6.45) is 16.7. The lowest BCUT2D eigenvalue weighted by Gasteiger charge is -2.19.